The van der Waals surface area contributed by atoms with Crippen molar-refractivity contribution in [2.24, 2.45) is 5.92 Å². The van der Waals surface area contributed by atoms with Crippen LogP contribution in [0.25, 0.3) is 36.5 Å². The Labute approximate surface area is 267 Å². The van der Waals surface area contributed by atoms with Crippen LogP contribution in [0.2, 0.25) is 0 Å². The van der Waals surface area contributed by atoms with E-state index >= 15 is 0 Å². The van der Waals surface area contributed by atoms with Gasteiger partial charge in [-0.05, 0) is 37.8 Å². The molecule has 0 spiro atoms. The minimum Gasteiger partial charge on any atom is -0.497 e. The predicted octanol–water partition coefficient (Wildman–Crippen LogP) is 7.74. The van der Waals surface area contributed by atoms with Crippen molar-refractivity contribution < 1.29 is 14.3 Å². The number of rotatable bonds is 8. The molecular weight excluding hydrogens is 613 g/mol. The molecule has 0 unspecified atom stereocenters. The molecule has 7 rings (SSSR count). The average Bonchev–Trinajstić information content (AvgIpc) is 3.82. The number of ether oxygens (including phenoxy) is 2. The zero-order valence-corrected chi connectivity index (χ0v) is 27.4. The van der Waals surface area contributed by atoms with Crippen LogP contribution in [-0.2, 0) is 6.61 Å². The Hall–Kier alpha value is -3.87. The Balaban J connectivity index is 1.06. The Morgan fingerprint density at radius 1 is 1.07 bits per heavy atom. The summed E-state index contributed by atoms with van der Waals surface area (Å²) in [6.45, 7) is 4.53. The van der Waals surface area contributed by atoms with Crippen molar-refractivity contribution in [3.8, 4) is 32.8 Å². The molecule has 44 heavy (non-hydrogen) atoms. The van der Waals surface area contributed by atoms with Crippen molar-refractivity contribution >= 4 is 55.1 Å². The first-order valence-corrected chi connectivity index (χ1v) is 17.1. The zero-order chi connectivity index (χ0) is 30.4. The van der Waals surface area contributed by atoms with Crippen molar-refractivity contribution in [1.82, 2.24) is 29.5 Å². The molecular formula is C32H32N6O3S3. The predicted molar refractivity (Wildman–Crippen MR) is 176 cm³/mol. The monoisotopic (exact) mass is 644 g/mol. The molecule has 6 aromatic rings. The maximum Gasteiger partial charge on any atom is 0.253 e. The summed E-state index contributed by atoms with van der Waals surface area (Å²) in [4.78, 5) is 30.3. The molecule has 2 atom stereocenters. The molecule has 9 nitrogen and oxygen atoms in total. The first-order valence-electron chi connectivity index (χ1n) is 14.6. The van der Waals surface area contributed by atoms with Crippen LogP contribution in [0.15, 0.2) is 48.0 Å². The van der Waals surface area contributed by atoms with Crippen molar-refractivity contribution in [3.63, 3.8) is 0 Å². The number of nitrogens with zero attached hydrogens (tertiary/aromatic N) is 6. The maximum absolute atomic E-state index is 13.2. The number of imidazole rings is 1. The Morgan fingerprint density at radius 3 is 2.66 bits per heavy atom. The molecule has 12 heteroatoms. The number of benzene rings is 2. The van der Waals surface area contributed by atoms with Gasteiger partial charge in [0.25, 0.3) is 5.91 Å². The lowest BCUT2D eigenvalue weighted by Crippen LogP contribution is -2.42. The highest BCUT2D eigenvalue weighted by Crippen LogP contribution is 2.39. The Morgan fingerprint density at radius 2 is 1.89 bits per heavy atom. The van der Waals surface area contributed by atoms with E-state index in [1.165, 1.54) is 30.6 Å². The van der Waals surface area contributed by atoms with Crippen LogP contribution in [0.5, 0.6) is 11.5 Å². The SMILES string of the molecule is COc1cc(OCc2csc(-c3ccc(C(=O)N(C)[C@@H]4CCCC[C@H]4C)cc3)n2)c2sc(-c3cn4nc(C)sc4n3)nc2c1. The second-order valence-electron chi connectivity index (χ2n) is 11.2. The van der Waals surface area contributed by atoms with Crippen molar-refractivity contribution in [2.75, 3.05) is 14.2 Å². The lowest BCUT2D eigenvalue weighted by Gasteiger charge is -2.36. The molecule has 4 aromatic heterocycles. The number of thiazole rings is 2. The van der Waals surface area contributed by atoms with Gasteiger partial charge in [0.1, 0.15) is 38.8 Å². The van der Waals surface area contributed by atoms with Crippen molar-refractivity contribution in [1.29, 1.82) is 0 Å². The molecule has 1 aliphatic carbocycles. The highest BCUT2D eigenvalue weighted by atomic mass is 32.1. The summed E-state index contributed by atoms with van der Waals surface area (Å²) in [7, 11) is 3.58. The molecule has 2 aromatic carbocycles. The van der Waals surface area contributed by atoms with Crippen molar-refractivity contribution in [2.45, 2.75) is 52.2 Å². The minimum absolute atomic E-state index is 0.0823. The summed E-state index contributed by atoms with van der Waals surface area (Å²) in [5, 5.41) is 9.12. The lowest BCUT2D eigenvalue weighted by molar-refractivity contribution is 0.0629. The van der Waals surface area contributed by atoms with E-state index in [0.717, 1.165) is 53.6 Å². The highest BCUT2D eigenvalue weighted by molar-refractivity contribution is 7.22. The molecule has 226 valence electrons. The maximum atomic E-state index is 13.2. The van der Waals surface area contributed by atoms with E-state index in [4.69, 9.17) is 24.4 Å². The van der Waals surface area contributed by atoms with Gasteiger partial charge in [0.15, 0.2) is 0 Å². The smallest absolute Gasteiger partial charge is 0.253 e. The number of fused-ring (bicyclic) bond motifs is 2. The molecule has 0 saturated heterocycles. The number of hydrogen-bond donors (Lipinski definition) is 0. The summed E-state index contributed by atoms with van der Waals surface area (Å²) < 4.78 is 14.5. The average molecular weight is 645 g/mol. The number of amides is 1. The highest BCUT2D eigenvalue weighted by Gasteiger charge is 2.28. The topological polar surface area (TPSA) is 94.7 Å². The van der Waals surface area contributed by atoms with E-state index in [1.807, 2.05) is 66.8 Å². The van der Waals surface area contributed by atoms with Gasteiger partial charge >= 0.3 is 0 Å². The molecule has 1 aliphatic rings. The molecule has 0 bridgehead atoms. The summed E-state index contributed by atoms with van der Waals surface area (Å²) in [5.41, 5.74) is 4.08. The third-order valence-corrected chi connectivity index (χ3v) is 11.1. The summed E-state index contributed by atoms with van der Waals surface area (Å²) in [6.07, 6.45) is 6.62. The van der Waals surface area contributed by atoms with Gasteiger partial charge in [-0.15, -0.1) is 22.7 Å². The van der Waals surface area contributed by atoms with E-state index in [0.29, 0.717) is 35.6 Å². The van der Waals surface area contributed by atoms with Crippen LogP contribution in [0.1, 0.15) is 53.7 Å². The van der Waals surface area contributed by atoms with E-state index < -0.39 is 0 Å². The number of methoxy groups -OCH3 is 1. The molecule has 0 N–H and O–H groups in total. The van der Waals surface area contributed by atoms with Crippen LogP contribution >= 0.6 is 34.0 Å². The molecule has 1 saturated carbocycles. The van der Waals surface area contributed by atoms with Crippen LogP contribution in [0, 0.1) is 12.8 Å². The van der Waals surface area contributed by atoms with Gasteiger partial charge in [-0.25, -0.2) is 19.5 Å². The van der Waals surface area contributed by atoms with Gasteiger partial charge in [0, 0.05) is 41.7 Å². The third-order valence-electron chi connectivity index (χ3n) is 8.22. The van der Waals surface area contributed by atoms with Crippen LogP contribution in [0.4, 0.5) is 0 Å². The van der Waals surface area contributed by atoms with Gasteiger partial charge in [0.2, 0.25) is 4.96 Å². The van der Waals surface area contributed by atoms with Gasteiger partial charge in [0.05, 0.1) is 29.2 Å². The fourth-order valence-corrected chi connectivity index (χ4v) is 8.36. The van der Waals surface area contributed by atoms with Crippen molar-refractivity contribution in [3.05, 3.63) is 64.2 Å². The number of carbonyl (C=O) groups is 1. The minimum atomic E-state index is 0.0823. The summed E-state index contributed by atoms with van der Waals surface area (Å²) in [5.74, 6) is 1.98. The lowest BCUT2D eigenvalue weighted by atomic mass is 9.85. The van der Waals surface area contributed by atoms with Crippen LogP contribution < -0.4 is 9.47 Å². The zero-order valence-electron chi connectivity index (χ0n) is 24.9. The summed E-state index contributed by atoms with van der Waals surface area (Å²) in [6, 6.07) is 11.9. The number of aromatic nitrogens is 5. The first-order chi connectivity index (χ1) is 21.4. The summed E-state index contributed by atoms with van der Waals surface area (Å²) >= 11 is 4.64. The normalized spacial score (nSPS) is 16.9. The number of carbonyl (C=O) groups excluding carboxylic acids is 1. The van der Waals surface area contributed by atoms with E-state index in [1.54, 1.807) is 34.3 Å². The first kappa shape index (κ1) is 28.9. The molecule has 0 radical (unpaired) electrons. The molecule has 1 fully saturated rings. The standard InChI is InChI=1S/C32H32N6O3S3/c1-18-7-5-6-8-26(18)37(3)31(39)21-11-9-20(10-12-21)29-33-22(17-42-29)16-41-27-14-23(40-4)13-24-28(27)44-30(34-24)25-15-38-32(35-25)43-19(2)36-38/h9-15,17-18,26H,5-8,16H2,1-4H3/t18-,26-/m1/s1. The Kier molecular flexibility index (Phi) is 7.81. The fraction of sp³-hybridized carbons (Fsp3) is 0.344. The second-order valence-corrected chi connectivity index (χ2v) is 14.2. The molecule has 0 aliphatic heterocycles. The van der Waals surface area contributed by atoms with E-state index in [9.17, 15) is 4.79 Å². The fourth-order valence-electron chi connectivity index (χ4n) is 5.85. The number of hydrogen-bond acceptors (Lipinski definition) is 10. The van der Waals surface area contributed by atoms with E-state index in [2.05, 4.69) is 12.0 Å². The van der Waals surface area contributed by atoms with Gasteiger partial charge in [-0.1, -0.05) is 43.2 Å². The Bertz CT molecular complexity index is 1930. The largest absolute Gasteiger partial charge is 0.497 e. The molecule has 1 amide bonds. The second kappa shape index (κ2) is 11.9. The van der Waals surface area contributed by atoms with E-state index in [-0.39, 0.29) is 5.91 Å². The van der Waals surface area contributed by atoms with Gasteiger partial charge in [-0.2, -0.15) is 5.10 Å². The van der Waals surface area contributed by atoms with Gasteiger partial charge in [-0.3, -0.25) is 4.79 Å². The number of aryl methyl sites for hydroxylation is 1. The van der Waals surface area contributed by atoms with Crippen LogP contribution in [0.3, 0.4) is 0 Å². The third kappa shape index (κ3) is 5.57. The van der Waals surface area contributed by atoms with Crippen LogP contribution in [-0.4, -0.2) is 55.6 Å². The quantitative estimate of drug-likeness (QED) is 0.167. The van der Waals surface area contributed by atoms with Gasteiger partial charge < -0.3 is 14.4 Å². The molecule has 4 heterocycles.